The van der Waals surface area contributed by atoms with Gasteiger partial charge in [-0.15, -0.1) is 0 Å². The summed E-state index contributed by atoms with van der Waals surface area (Å²) >= 11 is 0. The van der Waals surface area contributed by atoms with Crippen molar-refractivity contribution in [2.24, 2.45) is 0 Å². The Balaban J connectivity index is 1.68. The molecule has 1 aromatic heterocycles. The summed E-state index contributed by atoms with van der Waals surface area (Å²) in [5.74, 6) is 0.471. The van der Waals surface area contributed by atoms with Crippen LogP contribution in [0.15, 0.2) is 45.6 Å². The van der Waals surface area contributed by atoms with Gasteiger partial charge >= 0.3 is 5.97 Å². The molecule has 0 amide bonds. The summed E-state index contributed by atoms with van der Waals surface area (Å²) in [7, 11) is 1.31. The molecular weight excluding hydrogens is 410 g/mol. The van der Waals surface area contributed by atoms with E-state index in [1.165, 1.54) is 26.0 Å². The maximum absolute atomic E-state index is 13.2. The lowest BCUT2D eigenvalue weighted by molar-refractivity contribution is 0.0600. The van der Waals surface area contributed by atoms with Crippen molar-refractivity contribution in [2.45, 2.75) is 39.2 Å². The quantitative estimate of drug-likeness (QED) is 0.576. The Kier molecular flexibility index (Phi) is 6.46. The molecule has 0 atom stereocenters. The van der Waals surface area contributed by atoms with Crippen molar-refractivity contribution in [3.63, 3.8) is 0 Å². The van der Waals surface area contributed by atoms with Crippen molar-refractivity contribution < 1.29 is 23.8 Å². The van der Waals surface area contributed by atoms with Crippen molar-refractivity contribution >= 4 is 16.9 Å². The van der Waals surface area contributed by atoms with Crippen molar-refractivity contribution in [3.05, 3.63) is 63.5 Å². The molecule has 32 heavy (non-hydrogen) atoms. The summed E-state index contributed by atoms with van der Waals surface area (Å²) < 4.78 is 16.5. The number of rotatable bonds is 5. The minimum Gasteiger partial charge on any atom is -0.507 e. The van der Waals surface area contributed by atoms with Crippen LogP contribution in [-0.4, -0.2) is 36.2 Å². The fourth-order valence-corrected chi connectivity index (χ4v) is 4.08. The van der Waals surface area contributed by atoms with Crippen LogP contribution < -0.4 is 10.2 Å². The Morgan fingerprint density at radius 1 is 1.06 bits per heavy atom. The first-order valence-corrected chi connectivity index (χ1v) is 10.8. The molecule has 1 fully saturated rings. The molecule has 0 saturated carbocycles. The summed E-state index contributed by atoms with van der Waals surface area (Å²) in [6.07, 6.45) is 4.68. The summed E-state index contributed by atoms with van der Waals surface area (Å²) in [5.41, 5.74) is 1.09. The van der Waals surface area contributed by atoms with E-state index in [9.17, 15) is 14.7 Å². The lowest BCUT2D eigenvalue weighted by Crippen LogP contribution is -2.24. The van der Waals surface area contributed by atoms with Crippen LogP contribution >= 0.6 is 0 Å². The largest absolute Gasteiger partial charge is 0.507 e. The van der Waals surface area contributed by atoms with Crippen LogP contribution in [0.4, 0.5) is 0 Å². The number of methoxy groups -OCH3 is 1. The predicted molar refractivity (Wildman–Crippen MR) is 120 cm³/mol. The number of fused-ring (bicyclic) bond motifs is 1. The average molecular weight is 437 g/mol. The number of aryl methyl sites for hydroxylation is 1. The van der Waals surface area contributed by atoms with Gasteiger partial charge in [0.05, 0.1) is 23.6 Å². The number of likely N-dealkylation sites (tertiary alicyclic amines) is 1. The number of benzene rings is 2. The molecule has 4 rings (SSSR count). The maximum atomic E-state index is 13.2. The molecular formula is C25H27NO6. The van der Waals surface area contributed by atoms with Gasteiger partial charge in [0, 0.05) is 6.54 Å². The van der Waals surface area contributed by atoms with E-state index in [0.717, 1.165) is 25.9 Å². The predicted octanol–water partition coefficient (Wildman–Crippen LogP) is 4.76. The van der Waals surface area contributed by atoms with E-state index >= 15 is 0 Å². The van der Waals surface area contributed by atoms with Gasteiger partial charge in [-0.2, -0.15) is 0 Å². The molecule has 3 aromatic rings. The molecule has 1 aliphatic heterocycles. The molecule has 2 heterocycles. The molecule has 7 heteroatoms. The number of hydrogen-bond acceptors (Lipinski definition) is 7. The Bertz CT molecular complexity index is 1170. The summed E-state index contributed by atoms with van der Waals surface area (Å²) in [5, 5.41) is 10.9. The zero-order valence-corrected chi connectivity index (χ0v) is 18.3. The van der Waals surface area contributed by atoms with Crippen molar-refractivity contribution in [1.82, 2.24) is 4.90 Å². The van der Waals surface area contributed by atoms with Gasteiger partial charge in [-0.1, -0.05) is 12.8 Å². The highest BCUT2D eigenvalue weighted by Gasteiger charge is 2.20. The lowest BCUT2D eigenvalue weighted by atomic mass is 10.1. The second-order valence-corrected chi connectivity index (χ2v) is 8.06. The Hall–Kier alpha value is -3.32. The zero-order chi connectivity index (χ0) is 22.7. The molecule has 7 nitrogen and oxygen atoms in total. The lowest BCUT2D eigenvalue weighted by Gasteiger charge is -2.21. The summed E-state index contributed by atoms with van der Waals surface area (Å²) in [6.45, 7) is 4.11. The van der Waals surface area contributed by atoms with Crippen LogP contribution in [0.25, 0.3) is 11.0 Å². The normalized spacial score (nSPS) is 14.8. The highest BCUT2D eigenvalue weighted by Crippen LogP contribution is 2.32. The molecule has 0 spiro atoms. The molecule has 1 saturated heterocycles. The van der Waals surface area contributed by atoms with Crippen molar-refractivity contribution in [1.29, 1.82) is 0 Å². The third-order valence-corrected chi connectivity index (χ3v) is 5.84. The van der Waals surface area contributed by atoms with E-state index in [4.69, 9.17) is 13.9 Å². The minimum absolute atomic E-state index is 0.0785. The molecule has 168 valence electrons. The molecule has 0 aliphatic carbocycles. The van der Waals surface area contributed by atoms with Gasteiger partial charge in [-0.25, -0.2) is 4.79 Å². The minimum atomic E-state index is -0.449. The van der Waals surface area contributed by atoms with Crippen LogP contribution in [0.5, 0.6) is 17.2 Å². The summed E-state index contributed by atoms with van der Waals surface area (Å²) in [4.78, 5) is 27.1. The van der Waals surface area contributed by atoms with E-state index in [1.54, 1.807) is 37.3 Å². The zero-order valence-electron chi connectivity index (χ0n) is 18.3. The third kappa shape index (κ3) is 4.48. The van der Waals surface area contributed by atoms with Crippen LogP contribution in [0.3, 0.4) is 0 Å². The SMILES string of the molecule is COC(=O)c1ccc(Oc2c(C)oc3c(CN4CCCCCC4)c(O)ccc3c2=O)cc1. The Labute approximate surface area is 186 Å². The molecule has 0 unspecified atom stereocenters. The van der Waals surface area contributed by atoms with Gasteiger partial charge in [-0.05, 0) is 69.3 Å². The van der Waals surface area contributed by atoms with E-state index in [1.807, 2.05) is 0 Å². The van der Waals surface area contributed by atoms with E-state index < -0.39 is 5.97 Å². The molecule has 2 aromatic carbocycles. The first-order chi connectivity index (χ1) is 15.5. The number of carbonyl (C=O) groups excluding carboxylic acids is 1. The van der Waals surface area contributed by atoms with Gasteiger partial charge in [-0.3, -0.25) is 9.69 Å². The average Bonchev–Trinajstić information content (AvgIpc) is 3.07. The van der Waals surface area contributed by atoms with Gasteiger partial charge in [0.2, 0.25) is 11.2 Å². The number of hydrogen-bond donors (Lipinski definition) is 1. The third-order valence-electron chi connectivity index (χ3n) is 5.84. The smallest absolute Gasteiger partial charge is 0.337 e. The molecule has 1 N–H and O–H groups in total. The number of aromatic hydroxyl groups is 1. The Morgan fingerprint density at radius 2 is 1.75 bits per heavy atom. The number of phenolic OH excluding ortho intramolecular Hbond substituents is 1. The van der Waals surface area contributed by atoms with Gasteiger partial charge in [0.25, 0.3) is 0 Å². The number of esters is 1. The fourth-order valence-electron chi connectivity index (χ4n) is 4.08. The van der Waals surface area contributed by atoms with Crippen LogP contribution in [-0.2, 0) is 11.3 Å². The van der Waals surface area contributed by atoms with Crippen molar-refractivity contribution in [2.75, 3.05) is 20.2 Å². The van der Waals surface area contributed by atoms with Crippen molar-refractivity contribution in [3.8, 4) is 17.2 Å². The van der Waals surface area contributed by atoms with E-state index in [2.05, 4.69) is 4.90 Å². The van der Waals surface area contributed by atoms with E-state index in [-0.39, 0.29) is 16.9 Å². The first kappa shape index (κ1) is 21.9. The fraction of sp³-hybridized carbons (Fsp3) is 0.360. The molecule has 1 aliphatic rings. The molecule has 0 radical (unpaired) electrons. The van der Waals surface area contributed by atoms with Crippen LogP contribution in [0.1, 0.15) is 47.4 Å². The standard InChI is InChI=1S/C25H27NO6/c1-16-23(32-18-9-7-17(8-10-18)25(29)30-2)22(28)19-11-12-21(27)20(24(19)31-16)15-26-13-5-3-4-6-14-26/h7-12,27H,3-6,13-15H2,1-2H3. The van der Waals surface area contributed by atoms with Gasteiger partial charge < -0.3 is 19.0 Å². The molecule has 0 bridgehead atoms. The van der Waals surface area contributed by atoms with Gasteiger partial charge in [0.1, 0.15) is 22.8 Å². The van der Waals surface area contributed by atoms with Gasteiger partial charge in [0.15, 0.2) is 0 Å². The second kappa shape index (κ2) is 9.44. The first-order valence-electron chi connectivity index (χ1n) is 10.8. The second-order valence-electron chi connectivity index (χ2n) is 8.06. The number of ether oxygens (including phenoxy) is 2. The highest BCUT2D eigenvalue weighted by molar-refractivity contribution is 5.89. The topological polar surface area (TPSA) is 89.2 Å². The maximum Gasteiger partial charge on any atom is 0.337 e. The monoisotopic (exact) mass is 437 g/mol. The van der Waals surface area contributed by atoms with E-state index in [0.29, 0.717) is 40.2 Å². The number of phenols is 1. The number of carbonyl (C=O) groups is 1. The summed E-state index contributed by atoms with van der Waals surface area (Å²) in [6, 6.07) is 9.42. The highest BCUT2D eigenvalue weighted by atomic mass is 16.5. The van der Waals surface area contributed by atoms with Crippen LogP contribution in [0, 0.1) is 6.92 Å². The number of nitrogens with zero attached hydrogens (tertiary/aromatic N) is 1. The Morgan fingerprint density at radius 3 is 2.41 bits per heavy atom. The van der Waals surface area contributed by atoms with Crippen LogP contribution in [0.2, 0.25) is 0 Å².